The normalized spacial score (nSPS) is 17.0. The molecule has 1 aromatic heterocycles. The lowest BCUT2D eigenvalue weighted by atomic mass is 10.1. The number of rotatable bonds is 4. The zero-order valence-electron chi connectivity index (χ0n) is 15.6. The molecule has 1 fully saturated rings. The van der Waals surface area contributed by atoms with Crippen LogP contribution in [0.2, 0.25) is 0 Å². The summed E-state index contributed by atoms with van der Waals surface area (Å²) < 4.78 is 13.9. The van der Waals surface area contributed by atoms with E-state index < -0.39 is 5.79 Å². The van der Waals surface area contributed by atoms with Gasteiger partial charge in [-0.15, -0.1) is 0 Å². The molecular weight excluding hydrogens is 330 g/mol. The van der Waals surface area contributed by atoms with Crippen molar-refractivity contribution in [2.24, 2.45) is 7.05 Å². The average Bonchev–Trinajstić information content (AvgIpc) is 3.26. The number of fused-ring (bicyclic) bond motifs is 1. The number of aryl methyl sites for hydroxylation is 2. The number of nitrogens with one attached hydrogen (secondary N) is 1. The molecule has 0 unspecified atom stereocenters. The Kier molecular flexibility index (Phi) is 4.13. The van der Waals surface area contributed by atoms with Crippen LogP contribution in [0.15, 0.2) is 18.2 Å². The second-order valence-electron chi connectivity index (χ2n) is 7.30. The Labute approximate surface area is 153 Å². The van der Waals surface area contributed by atoms with Gasteiger partial charge in [0.05, 0.1) is 5.69 Å². The van der Waals surface area contributed by atoms with Gasteiger partial charge in [0.15, 0.2) is 11.5 Å². The zero-order chi connectivity index (χ0) is 18.3. The molecule has 6 heteroatoms. The van der Waals surface area contributed by atoms with Gasteiger partial charge >= 0.3 is 0 Å². The summed E-state index contributed by atoms with van der Waals surface area (Å²) in [6.45, 7) is 4.01. The maximum Gasteiger partial charge on any atom is 0.251 e. The number of benzene rings is 1. The van der Waals surface area contributed by atoms with Crippen molar-refractivity contribution in [1.29, 1.82) is 0 Å². The molecule has 1 N–H and O–H groups in total. The van der Waals surface area contributed by atoms with Crippen molar-refractivity contribution in [2.45, 2.75) is 58.2 Å². The van der Waals surface area contributed by atoms with Gasteiger partial charge in [-0.2, -0.15) is 5.10 Å². The summed E-state index contributed by atoms with van der Waals surface area (Å²) in [5.41, 5.74) is 3.99. The van der Waals surface area contributed by atoms with E-state index in [2.05, 4.69) is 10.4 Å². The van der Waals surface area contributed by atoms with Gasteiger partial charge in [-0.05, 0) is 50.8 Å². The fourth-order valence-corrected chi connectivity index (χ4v) is 3.93. The van der Waals surface area contributed by atoms with Crippen LogP contribution in [0.1, 0.15) is 49.1 Å². The predicted molar refractivity (Wildman–Crippen MR) is 98.5 cm³/mol. The molecule has 26 heavy (non-hydrogen) atoms. The van der Waals surface area contributed by atoms with E-state index in [0.29, 0.717) is 12.8 Å². The van der Waals surface area contributed by atoms with Crippen molar-refractivity contribution in [1.82, 2.24) is 9.78 Å². The predicted octanol–water partition coefficient (Wildman–Crippen LogP) is 3.65. The van der Waals surface area contributed by atoms with Crippen molar-refractivity contribution >= 4 is 11.6 Å². The third-order valence-electron chi connectivity index (χ3n) is 5.45. The summed E-state index contributed by atoms with van der Waals surface area (Å²) in [4.78, 5) is 12.4. The van der Waals surface area contributed by atoms with Crippen LogP contribution in [-0.4, -0.2) is 21.5 Å². The third kappa shape index (κ3) is 3.04. The Morgan fingerprint density at radius 3 is 2.65 bits per heavy atom. The fourth-order valence-electron chi connectivity index (χ4n) is 3.93. The summed E-state index contributed by atoms with van der Waals surface area (Å²) in [6, 6.07) is 5.61. The van der Waals surface area contributed by atoms with Gasteiger partial charge in [0.1, 0.15) is 0 Å². The highest BCUT2D eigenvalue weighted by Gasteiger charge is 2.44. The number of carbonyl (C=O) groups excluding carboxylic acids is 1. The number of carbonyl (C=O) groups is 1. The van der Waals surface area contributed by atoms with Gasteiger partial charge in [-0.3, -0.25) is 9.48 Å². The van der Waals surface area contributed by atoms with Crippen LogP contribution in [0.4, 0.5) is 5.69 Å². The molecule has 2 aromatic rings. The molecule has 2 aliphatic rings. The molecular formula is C20H25N3O3. The number of amides is 1. The van der Waals surface area contributed by atoms with Crippen molar-refractivity contribution in [3.63, 3.8) is 0 Å². The van der Waals surface area contributed by atoms with E-state index in [1.165, 1.54) is 0 Å². The SMILES string of the molecule is Cc1nn(C)c(C)c1CCC(=O)Nc1ccc2c(c1)OC1(CCCC1)O2. The number of hydrogen-bond acceptors (Lipinski definition) is 4. The minimum absolute atomic E-state index is 0.0119. The standard InChI is InChI=1S/C20H25N3O3/c1-13-16(14(2)23(3)22-13)7-9-19(24)21-15-6-8-17-18(12-15)26-20(25-17)10-4-5-11-20/h6,8,12H,4-5,7,9-11H2,1-3H3,(H,21,24). The molecule has 1 saturated carbocycles. The van der Waals surface area contributed by atoms with Crippen LogP contribution in [0.3, 0.4) is 0 Å². The Hall–Kier alpha value is -2.50. The molecule has 6 nitrogen and oxygen atoms in total. The molecule has 0 atom stereocenters. The maximum atomic E-state index is 12.4. The zero-order valence-corrected chi connectivity index (χ0v) is 15.6. The first-order valence-corrected chi connectivity index (χ1v) is 9.27. The molecule has 2 heterocycles. The largest absolute Gasteiger partial charge is 0.448 e. The van der Waals surface area contributed by atoms with Crippen molar-refractivity contribution in [3.05, 3.63) is 35.2 Å². The highest BCUT2D eigenvalue weighted by Crippen LogP contribution is 2.47. The molecule has 0 saturated heterocycles. The molecule has 1 aliphatic carbocycles. The van der Waals surface area contributed by atoms with E-state index in [9.17, 15) is 4.79 Å². The lowest BCUT2D eigenvalue weighted by Crippen LogP contribution is -2.34. The Balaban J connectivity index is 1.38. The lowest BCUT2D eigenvalue weighted by molar-refractivity contribution is -0.116. The lowest BCUT2D eigenvalue weighted by Gasteiger charge is -2.21. The fraction of sp³-hybridized carbons (Fsp3) is 0.500. The van der Waals surface area contributed by atoms with Crippen LogP contribution < -0.4 is 14.8 Å². The van der Waals surface area contributed by atoms with Crippen LogP contribution in [0, 0.1) is 13.8 Å². The summed E-state index contributed by atoms with van der Waals surface area (Å²) in [7, 11) is 1.93. The van der Waals surface area contributed by atoms with E-state index in [0.717, 1.165) is 59.8 Å². The van der Waals surface area contributed by atoms with Gasteiger partial charge in [0.25, 0.3) is 5.79 Å². The summed E-state index contributed by atoms with van der Waals surface area (Å²) in [5, 5.41) is 7.37. The molecule has 0 radical (unpaired) electrons. The molecule has 1 spiro atoms. The number of ether oxygens (including phenoxy) is 2. The van der Waals surface area contributed by atoms with Gasteiger partial charge < -0.3 is 14.8 Å². The molecule has 138 valence electrons. The van der Waals surface area contributed by atoms with Crippen LogP contribution >= 0.6 is 0 Å². The Morgan fingerprint density at radius 1 is 1.23 bits per heavy atom. The van der Waals surface area contributed by atoms with Crippen molar-refractivity contribution < 1.29 is 14.3 Å². The first kappa shape index (κ1) is 16.9. The smallest absolute Gasteiger partial charge is 0.251 e. The van der Waals surface area contributed by atoms with Gasteiger partial charge in [-0.25, -0.2) is 0 Å². The summed E-state index contributed by atoms with van der Waals surface area (Å²) >= 11 is 0. The van der Waals surface area contributed by atoms with Crippen molar-refractivity contribution in [2.75, 3.05) is 5.32 Å². The molecule has 1 aliphatic heterocycles. The number of anilines is 1. The first-order valence-electron chi connectivity index (χ1n) is 9.27. The van der Waals surface area contributed by atoms with E-state index in [-0.39, 0.29) is 5.91 Å². The average molecular weight is 355 g/mol. The van der Waals surface area contributed by atoms with E-state index in [1.54, 1.807) is 0 Å². The monoisotopic (exact) mass is 355 g/mol. The summed E-state index contributed by atoms with van der Waals surface area (Å²) in [6.07, 6.45) is 5.21. The highest BCUT2D eigenvalue weighted by atomic mass is 16.7. The molecule has 1 amide bonds. The van der Waals surface area contributed by atoms with Gasteiger partial charge in [0, 0.05) is 43.8 Å². The molecule has 4 rings (SSSR count). The van der Waals surface area contributed by atoms with E-state index >= 15 is 0 Å². The topological polar surface area (TPSA) is 65.4 Å². The van der Waals surface area contributed by atoms with Crippen LogP contribution in [0.25, 0.3) is 0 Å². The van der Waals surface area contributed by atoms with E-state index in [4.69, 9.17) is 9.47 Å². The number of aromatic nitrogens is 2. The van der Waals surface area contributed by atoms with Crippen molar-refractivity contribution in [3.8, 4) is 11.5 Å². The van der Waals surface area contributed by atoms with Crippen LogP contribution in [-0.2, 0) is 18.3 Å². The quantitative estimate of drug-likeness (QED) is 0.909. The minimum Gasteiger partial charge on any atom is -0.448 e. The maximum absolute atomic E-state index is 12.4. The van der Waals surface area contributed by atoms with Crippen LogP contribution in [0.5, 0.6) is 11.5 Å². The first-order chi connectivity index (χ1) is 12.5. The second kappa shape index (κ2) is 6.34. The second-order valence-corrected chi connectivity index (χ2v) is 7.30. The highest BCUT2D eigenvalue weighted by molar-refractivity contribution is 5.91. The number of nitrogens with zero attached hydrogens (tertiary/aromatic N) is 2. The minimum atomic E-state index is -0.472. The molecule has 0 bridgehead atoms. The Morgan fingerprint density at radius 2 is 1.96 bits per heavy atom. The Bertz CT molecular complexity index is 850. The third-order valence-corrected chi connectivity index (χ3v) is 5.45. The summed E-state index contributed by atoms with van der Waals surface area (Å²) in [5.74, 6) is 1.01. The van der Waals surface area contributed by atoms with Gasteiger partial charge in [0.2, 0.25) is 5.91 Å². The number of hydrogen-bond donors (Lipinski definition) is 1. The van der Waals surface area contributed by atoms with E-state index in [1.807, 2.05) is 43.8 Å². The molecule has 1 aromatic carbocycles. The van der Waals surface area contributed by atoms with Gasteiger partial charge in [-0.1, -0.05) is 0 Å².